The highest BCUT2D eigenvalue weighted by Crippen LogP contribution is 2.29. The molecule has 0 spiro atoms. The van der Waals surface area contributed by atoms with E-state index < -0.39 is 10.0 Å². The number of nitrogen functional groups attached to an aromatic ring is 1. The summed E-state index contributed by atoms with van der Waals surface area (Å²) in [6.45, 7) is 11.1. The molecule has 1 unspecified atom stereocenters. The molecule has 0 aliphatic carbocycles. The summed E-state index contributed by atoms with van der Waals surface area (Å²) < 4.78 is 23.1. The van der Waals surface area contributed by atoms with Crippen LogP contribution in [0, 0.1) is 18.3 Å². The van der Waals surface area contributed by atoms with Crippen molar-refractivity contribution in [3.8, 4) is 0 Å². The molecule has 1 aromatic rings. The number of anilines is 2. The summed E-state index contributed by atoms with van der Waals surface area (Å²) in [5.74, 6) is 0.418. The fourth-order valence-corrected chi connectivity index (χ4v) is 2.59. The Bertz CT molecular complexity index is 589. The molecule has 0 aliphatic rings. The van der Waals surface area contributed by atoms with Gasteiger partial charge in [0.25, 0.3) is 0 Å². The molecule has 0 heterocycles. The molecular formula is C14H25N3O2S. The van der Waals surface area contributed by atoms with Crippen LogP contribution in [0.1, 0.15) is 33.3 Å². The summed E-state index contributed by atoms with van der Waals surface area (Å²) in [6, 6.07) is 3.13. The molecule has 1 atom stereocenters. The van der Waals surface area contributed by atoms with Gasteiger partial charge in [0.1, 0.15) is 0 Å². The second kappa shape index (κ2) is 5.61. The molecule has 20 heavy (non-hydrogen) atoms. The maximum absolute atomic E-state index is 11.5. The fourth-order valence-electron chi connectivity index (χ4n) is 1.76. The van der Waals surface area contributed by atoms with Gasteiger partial charge in [-0.1, -0.05) is 27.7 Å². The molecule has 0 aliphatic heterocycles. The first-order chi connectivity index (χ1) is 8.93. The van der Waals surface area contributed by atoms with Gasteiger partial charge >= 0.3 is 0 Å². The molecular weight excluding hydrogens is 274 g/mol. The molecule has 0 radical (unpaired) electrons. The molecule has 114 valence electrons. The van der Waals surface area contributed by atoms with E-state index in [2.05, 4.69) is 33.0 Å². The third kappa shape index (κ3) is 4.11. The lowest BCUT2D eigenvalue weighted by atomic mass is 9.82. The molecule has 0 amide bonds. The van der Waals surface area contributed by atoms with Gasteiger partial charge in [0.05, 0.1) is 4.90 Å². The predicted molar refractivity (Wildman–Crippen MR) is 84.1 cm³/mol. The molecule has 1 aromatic carbocycles. The van der Waals surface area contributed by atoms with E-state index in [9.17, 15) is 8.42 Å². The van der Waals surface area contributed by atoms with Crippen LogP contribution in [0.2, 0.25) is 0 Å². The molecule has 1 rings (SSSR count). The number of primary sulfonamides is 1. The van der Waals surface area contributed by atoms with Crippen molar-refractivity contribution in [1.29, 1.82) is 0 Å². The maximum Gasteiger partial charge on any atom is 0.238 e. The summed E-state index contributed by atoms with van der Waals surface area (Å²) in [4.78, 5) is 0.0726. The van der Waals surface area contributed by atoms with Crippen LogP contribution in [0.3, 0.4) is 0 Å². The van der Waals surface area contributed by atoms with Gasteiger partial charge < -0.3 is 11.1 Å². The fraction of sp³-hybridized carbons (Fsp3) is 0.571. The van der Waals surface area contributed by atoms with Crippen molar-refractivity contribution in [3.05, 3.63) is 17.7 Å². The Labute approximate surface area is 121 Å². The maximum atomic E-state index is 11.5. The van der Waals surface area contributed by atoms with Crippen LogP contribution < -0.4 is 16.2 Å². The highest BCUT2D eigenvalue weighted by atomic mass is 32.2. The van der Waals surface area contributed by atoms with Gasteiger partial charge in [-0.15, -0.1) is 0 Å². The Morgan fingerprint density at radius 2 is 1.85 bits per heavy atom. The zero-order chi connectivity index (χ0) is 15.7. The summed E-state index contributed by atoms with van der Waals surface area (Å²) in [5, 5.41) is 8.48. The smallest absolute Gasteiger partial charge is 0.238 e. The highest BCUT2D eigenvalue weighted by Gasteiger charge is 2.21. The van der Waals surface area contributed by atoms with Crippen molar-refractivity contribution in [2.75, 3.05) is 17.6 Å². The van der Waals surface area contributed by atoms with Crippen LogP contribution in [0.15, 0.2) is 17.0 Å². The average Bonchev–Trinajstić information content (AvgIpc) is 2.26. The normalized spacial score (nSPS) is 14.1. The average molecular weight is 299 g/mol. The Balaban J connectivity index is 3.06. The molecule has 0 saturated carbocycles. The second-order valence-electron chi connectivity index (χ2n) is 6.38. The highest BCUT2D eigenvalue weighted by molar-refractivity contribution is 7.89. The SMILES string of the molecule is Cc1c(NCC(C)C(C)(C)C)cc(N)cc1S(N)(=O)=O. The van der Waals surface area contributed by atoms with Gasteiger partial charge in [-0.2, -0.15) is 0 Å². The van der Waals surface area contributed by atoms with E-state index >= 15 is 0 Å². The van der Waals surface area contributed by atoms with Gasteiger partial charge in [0.15, 0.2) is 0 Å². The number of benzene rings is 1. The van der Waals surface area contributed by atoms with E-state index in [1.807, 2.05) is 0 Å². The quantitative estimate of drug-likeness (QED) is 0.743. The minimum Gasteiger partial charge on any atom is -0.399 e. The zero-order valence-corrected chi connectivity index (χ0v) is 13.6. The Morgan fingerprint density at radius 1 is 1.30 bits per heavy atom. The van der Waals surface area contributed by atoms with Crippen LogP contribution in [0.5, 0.6) is 0 Å². The number of rotatable bonds is 4. The van der Waals surface area contributed by atoms with Crippen molar-refractivity contribution in [2.24, 2.45) is 16.5 Å². The first-order valence-electron chi connectivity index (χ1n) is 6.59. The first kappa shape index (κ1) is 16.8. The predicted octanol–water partition coefficient (Wildman–Crippen LogP) is 2.32. The monoisotopic (exact) mass is 299 g/mol. The van der Waals surface area contributed by atoms with Gasteiger partial charge in [0.2, 0.25) is 10.0 Å². The second-order valence-corrected chi connectivity index (χ2v) is 7.91. The van der Waals surface area contributed by atoms with Crippen molar-refractivity contribution in [1.82, 2.24) is 0 Å². The number of hydrogen-bond donors (Lipinski definition) is 3. The minimum absolute atomic E-state index is 0.0726. The Kier molecular flexibility index (Phi) is 4.71. The summed E-state index contributed by atoms with van der Waals surface area (Å²) in [5.41, 5.74) is 7.62. The Hall–Kier alpha value is -1.27. The molecule has 6 heteroatoms. The van der Waals surface area contributed by atoms with Gasteiger partial charge in [-0.25, -0.2) is 13.6 Å². The summed E-state index contributed by atoms with van der Waals surface area (Å²) in [6.07, 6.45) is 0. The van der Waals surface area contributed by atoms with Gasteiger partial charge in [-0.05, 0) is 36.0 Å². The van der Waals surface area contributed by atoms with Crippen molar-refractivity contribution in [3.63, 3.8) is 0 Å². The lowest BCUT2D eigenvalue weighted by Crippen LogP contribution is -2.25. The van der Waals surface area contributed by atoms with E-state index in [0.717, 1.165) is 6.54 Å². The van der Waals surface area contributed by atoms with Gasteiger partial charge in [0, 0.05) is 17.9 Å². The van der Waals surface area contributed by atoms with Crippen LogP contribution >= 0.6 is 0 Å². The standard InChI is InChI=1S/C14H25N3O2S/c1-9(14(3,4)5)8-17-12-6-11(15)7-13(10(12)2)20(16,18)19/h6-7,9,17H,8,15H2,1-5H3,(H2,16,18,19). The lowest BCUT2D eigenvalue weighted by molar-refractivity contribution is 0.274. The first-order valence-corrected chi connectivity index (χ1v) is 8.14. The van der Waals surface area contributed by atoms with Crippen LogP contribution in [-0.4, -0.2) is 15.0 Å². The third-order valence-corrected chi connectivity index (χ3v) is 4.80. The molecule has 5 nitrogen and oxygen atoms in total. The largest absolute Gasteiger partial charge is 0.399 e. The number of nitrogens with one attached hydrogen (secondary N) is 1. The van der Waals surface area contributed by atoms with Crippen molar-refractivity contribution < 1.29 is 8.42 Å². The van der Waals surface area contributed by atoms with E-state index in [0.29, 0.717) is 22.9 Å². The summed E-state index contributed by atoms with van der Waals surface area (Å²) in [7, 11) is -3.77. The van der Waals surface area contributed by atoms with Gasteiger partial charge in [-0.3, -0.25) is 0 Å². The van der Waals surface area contributed by atoms with E-state index in [-0.39, 0.29) is 10.3 Å². The minimum atomic E-state index is -3.77. The topological polar surface area (TPSA) is 98.2 Å². The van der Waals surface area contributed by atoms with E-state index in [4.69, 9.17) is 10.9 Å². The van der Waals surface area contributed by atoms with Crippen LogP contribution in [0.25, 0.3) is 0 Å². The van der Waals surface area contributed by atoms with E-state index in [1.165, 1.54) is 6.07 Å². The third-order valence-electron chi connectivity index (χ3n) is 3.77. The molecule has 0 bridgehead atoms. The number of nitrogens with two attached hydrogens (primary N) is 2. The summed E-state index contributed by atoms with van der Waals surface area (Å²) >= 11 is 0. The molecule has 5 N–H and O–H groups in total. The number of sulfonamides is 1. The molecule has 0 saturated heterocycles. The van der Waals surface area contributed by atoms with Crippen molar-refractivity contribution >= 4 is 21.4 Å². The molecule has 0 aromatic heterocycles. The Morgan fingerprint density at radius 3 is 2.30 bits per heavy atom. The van der Waals surface area contributed by atoms with Crippen molar-refractivity contribution in [2.45, 2.75) is 39.5 Å². The lowest BCUT2D eigenvalue weighted by Gasteiger charge is -2.28. The van der Waals surface area contributed by atoms with Crippen LogP contribution in [0.4, 0.5) is 11.4 Å². The zero-order valence-electron chi connectivity index (χ0n) is 12.8. The molecule has 0 fully saturated rings. The number of hydrogen-bond acceptors (Lipinski definition) is 4. The van der Waals surface area contributed by atoms with Crippen LogP contribution in [-0.2, 0) is 10.0 Å². The van der Waals surface area contributed by atoms with E-state index in [1.54, 1.807) is 13.0 Å².